The van der Waals surface area contributed by atoms with Gasteiger partial charge in [-0.3, -0.25) is 14.5 Å². The highest BCUT2D eigenvalue weighted by molar-refractivity contribution is 7.17. The number of amides is 1. The predicted octanol–water partition coefficient (Wildman–Crippen LogP) is 5.82. The maximum absolute atomic E-state index is 13.4. The lowest BCUT2D eigenvalue weighted by Crippen LogP contribution is -2.29. The van der Waals surface area contributed by atoms with E-state index in [4.69, 9.17) is 9.47 Å². The summed E-state index contributed by atoms with van der Waals surface area (Å²) in [6.07, 6.45) is 3.02. The summed E-state index contributed by atoms with van der Waals surface area (Å²) in [7, 11) is 0. The molecule has 1 amide bonds. The second kappa shape index (κ2) is 12.0. The molecule has 2 aromatic carbocycles. The van der Waals surface area contributed by atoms with Crippen molar-refractivity contribution in [2.75, 3.05) is 18.1 Å². The van der Waals surface area contributed by atoms with Gasteiger partial charge >= 0.3 is 11.9 Å². The number of aliphatic hydroxyl groups excluding tert-OH is 1. The van der Waals surface area contributed by atoms with Crippen LogP contribution in [-0.4, -0.2) is 41.0 Å². The molecule has 1 aliphatic heterocycles. The normalized spacial score (nSPS) is 16.6. The van der Waals surface area contributed by atoms with Gasteiger partial charge < -0.3 is 14.6 Å². The van der Waals surface area contributed by atoms with Crippen LogP contribution in [0.3, 0.4) is 0 Å². The molecule has 0 spiro atoms. The Morgan fingerprint density at radius 1 is 1.08 bits per heavy atom. The first-order valence-corrected chi connectivity index (χ1v) is 13.4. The van der Waals surface area contributed by atoms with Gasteiger partial charge in [-0.1, -0.05) is 73.6 Å². The molecule has 9 heteroatoms. The van der Waals surface area contributed by atoms with Gasteiger partial charge in [0.05, 0.1) is 30.5 Å². The molecule has 0 aliphatic carbocycles. The number of aliphatic hydroxyl groups is 1. The Kier molecular flexibility index (Phi) is 8.58. The number of ether oxygens (including phenoxy) is 2. The number of hydrogen-bond donors (Lipinski definition) is 1. The number of unbranched alkanes of at least 4 members (excludes halogenated alkanes) is 2. The van der Waals surface area contributed by atoms with Gasteiger partial charge in [-0.25, -0.2) is 9.78 Å². The fourth-order valence-corrected chi connectivity index (χ4v) is 5.27. The Hall–Kier alpha value is -3.98. The van der Waals surface area contributed by atoms with E-state index in [2.05, 4.69) is 11.9 Å². The lowest BCUT2D eigenvalue weighted by Gasteiger charge is -2.23. The smallest absolute Gasteiger partial charge is 0.350 e. The van der Waals surface area contributed by atoms with E-state index >= 15 is 0 Å². The van der Waals surface area contributed by atoms with Crippen LogP contribution in [0, 0.1) is 6.92 Å². The summed E-state index contributed by atoms with van der Waals surface area (Å²) in [5.74, 6) is -1.92. The van der Waals surface area contributed by atoms with Crippen molar-refractivity contribution in [3.63, 3.8) is 0 Å². The molecule has 38 heavy (non-hydrogen) atoms. The number of nitrogens with zero attached hydrogens (tertiary/aromatic N) is 2. The van der Waals surface area contributed by atoms with Crippen LogP contribution in [-0.2, 0) is 14.3 Å². The molecule has 8 nitrogen and oxygen atoms in total. The highest BCUT2D eigenvalue weighted by Crippen LogP contribution is 2.44. The van der Waals surface area contributed by atoms with Gasteiger partial charge in [0.1, 0.15) is 16.4 Å². The van der Waals surface area contributed by atoms with Crippen LogP contribution in [0.5, 0.6) is 5.75 Å². The van der Waals surface area contributed by atoms with E-state index in [1.807, 2.05) is 6.07 Å². The van der Waals surface area contributed by atoms with Gasteiger partial charge in [0, 0.05) is 5.56 Å². The third-order valence-electron chi connectivity index (χ3n) is 6.13. The number of anilines is 1. The number of thiazole rings is 1. The highest BCUT2D eigenvalue weighted by atomic mass is 32.1. The fourth-order valence-electron chi connectivity index (χ4n) is 4.28. The Morgan fingerprint density at radius 3 is 2.55 bits per heavy atom. The van der Waals surface area contributed by atoms with Crippen molar-refractivity contribution < 1.29 is 29.0 Å². The molecule has 4 rings (SSSR count). The molecular weight excluding hydrogens is 504 g/mol. The summed E-state index contributed by atoms with van der Waals surface area (Å²) >= 11 is 0.974. The maximum Gasteiger partial charge on any atom is 0.350 e. The monoisotopic (exact) mass is 534 g/mol. The number of hydrogen-bond acceptors (Lipinski definition) is 8. The molecule has 1 saturated heterocycles. The molecule has 0 radical (unpaired) electrons. The van der Waals surface area contributed by atoms with Crippen molar-refractivity contribution in [2.24, 2.45) is 0 Å². The minimum absolute atomic E-state index is 0.0603. The average Bonchev–Trinajstić information content (AvgIpc) is 3.43. The fraction of sp³-hybridized carbons (Fsp3) is 0.310. The van der Waals surface area contributed by atoms with Crippen LogP contribution in [0.25, 0.3) is 5.76 Å². The summed E-state index contributed by atoms with van der Waals surface area (Å²) in [5.41, 5.74) is 1.31. The number of rotatable bonds is 10. The summed E-state index contributed by atoms with van der Waals surface area (Å²) in [5, 5.41) is 11.4. The zero-order chi connectivity index (χ0) is 27.2. The van der Waals surface area contributed by atoms with Crippen LogP contribution in [0.1, 0.15) is 65.6 Å². The van der Waals surface area contributed by atoms with Crippen molar-refractivity contribution >= 4 is 39.9 Å². The summed E-state index contributed by atoms with van der Waals surface area (Å²) in [6.45, 7) is 6.19. The van der Waals surface area contributed by atoms with Gasteiger partial charge in [-0.2, -0.15) is 0 Å². The average molecular weight is 535 g/mol. The number of aromatic nitrogens is 1. The molecule has 1 unspecified atom stereocenters. The lowest BCUT2D eigenvalue weighted by atomic mass is 9.95. The minimum Gasteiger partial charge on any atom is -0.507 e. The summed E-state index contributed by atoms with van der Waals surface area (Å²) in [4.78, 5) is 45.2. The van der Waals surface area contributed by atoms with Crippen molar-refractivity contribution in [1.29, 1.82) is 0 Å². The molecule has 1 aliphatic rings. The van der Waals surface area contributed by atoms with Crippen LogP contribution >= 0.6 is 11.3 Å². The third kappa shape index (κ3) is 5.47. The Morgan fingerprint density at radius 2 is 1.84 bits per heavy atom. The van der Waals surface area contributed by atoms with Gasteiger partial charge in [-0.05, 0) is 38.0 Å². The number of aryl methyl sites for hydroxylation is 1. The van der Waals surface area contributed by atoms with Crippen molar-refractivity contribution in [3.8, 4) is 5.75 Å². The third-order valence-corrected chi connectivity index (χ3v) is 7.27. The number of benzene rings is 2. The first kappa shape index (κ1) is 27.1. The second-order valence-electron chi connectivity index (χ2n) is 8.79. The largest absolute Gasteiger partial charge is 0.507 e. The molecule has 0 saturated carbocycles. The molecule has 2 heterocycles. The molecule has 0 bridgehead atoms. The van der Waals surface area contributed by atoms with Crippen molar-refractivity contribution in [3.05, 3.63) is 81.9 Å². The Bertz CT molecular complexity index is 1360. The maximum atomic E-state index is 13.4. The summed E-state index contributed by atoms with van der Waals surface area (Å²) in [6, 6.07) is 14.8. The van der Waals surface area contributed by atoms with Crippen LogP contribution in [0.2, 0.25) is 0 Å². The Balaban J connectivity index is 1.83. The molecule has 3 aromatic rings. The van der Waals surface area contributed by atoms with Crippen LogP contribution < -0.4 is 9.64 Å². The first-order chi connectivity index (χ1) is 18.4. The standard InChI is InChI=1S/C29H30N2O6S/c1-4-6-10-16-37-21-15-11-14-20(17-21)23-22(24(32)19-12-8-7-9-13-19)25(33)27(34)31(23)29-30-18(3)26(38-29)28(35)36-5-2/h7-9,11-15,17,23,32H,4-6,10,16H2,1-3H3/b24-22+. The number of carbonyl (C=O) groups is 3. The second-order valence-corrected chi connectivity index (χ2v) is 9.77. The van der Waals surface area contributed by atoms with E-state index in [0.29, 0.717) is 29.2 Å². The van der Waals surface area contributed by atoms with Gasteiger partial charge in [0.25, 0.3) is 5.78 Å². The highest BCUT2D eigenvalue weighted by Gasteiger charge is 2.48. The first-order valence-electron chi connectivity index (χ1n) is 12.6. The van der Waals surface area contributed by atoms with E-state index in [9.17, 15) is 19.5 Å². The van der Waals surface area contributed by atoms with Crippen molar-refractivity contribution in [2.45, 2.75) is 46.1 Å². The molecule has 1 aromatic heterocycles. The van der Waals surface area contributed by atoms with E-state index in [-0.39, 0.29) is 27.9 Å². The molecule has 1 atom stereocenters. The van der Waals surface area contributed by atoms with Gasteiger partial charge in [-0.15, -0.1) is 0 Å². The molecule has 1 fully saturated rings. The number of Topliss-reactive ketones (excluding diaryl/α,β-unsaturated/α-hetero) is 1. The number of carbonyl (C=O) groups excluding carboxylic acids is 3. The van der Waals surface area contributed by atoms with Gasteiger partial charge in [0.15, 0.2) is 5.13 Å². The van der Waals surface area contributed by atoms with Gasteiger partial charge in [0.2, 0.25) is 0 Å². The quantitative estimate of drug-likeness (QED) is 0.115. The predicted molar refractivity (Wildman–Crippen MR) is 145 cm³/mol. The minimum atomic E-state index is -0.977. The zero-order valence-corrected chi connectivity index (χ0v) is 22.4. The Labute approximate surface area is 225 Å². The van der Waals surface area contributed by atoms with Crippen molar-refractivity contribution in [1.82, 2.24) is 4.98 Å². The number of ketones is 1. The lowest BCUT2D eigenvalue weighted by molar-refractivity contribution is -0.132. The van der Waals surface area contributed by atoms with E-state index in [1.54, 1.807) is 62.4 Å². The van der Waals surface area contributed by atoms with E-state index in [1.165, 1.54) is 4.90 Å². The zero-order valence-electron chi connectivity index (χ0n) is 21.6. The summed E-state index contributed by atoms with van der Waals surface area (Å²) < 4.78 is 11.1. The molecule has 198 valence electrons. The number of esters is 1. The van der Waals surface area contributed by atoms with E-state index in [0.717, 1.165) is 30.6 Å². The van der Waals surface area contributed by atoms with Crippen LogP contribution in [0.15, 0.2) is 60.2 Å². The van der Waals surface area contributed by atoms with Crippen LogP contribution in [0.4, 0.5) is 5.13 Å². The molecule has 1 N–H and O–H groups in total. The SMILES string of the molecule is CCCCCOc1cccc(C2/C(=C(\O)c3ccccc3)C(=O)C(=O)N2c2nc(C)c(C(=O)OCC)s2)c1. The molecular formula is C29H30N2O6S. The topological polar surface area (TPSA) is 106 Å². The van der Waals surface area contributed by atoms with E-state index < -0.39 is 23.7 Å².